The number of nitrogens with one attached hydrogen (secondary N) is 1. The van der Waals surface area contributed by atoms with E-state index >= 15 is 0 Å². The maximum Gasteiger partial charge on any atom is 0.0221 e. The Morgan fingerprint density at radius 3 is 2.42 bits per heavy atom. The van der Waals surface area contributed by atoms with Crippen LogP contribution in [0.15, 0.2) is 0 Å². The SMILES string of the molecule is CC(C)NCC1CCCCN1CCN1CCCCC1. The van der Waals surface area contributed by atoms with Crippen molar-refractivity contribution in [2.75, 3.05) is 39.3 Å². The molecule has 0 bridgehead atoms. The molecule has 0 aromatic heterocycles. The van der Waals surface area contributed by atoms with Crippen molar-refractivity contribution in [3.05, 3.63) is 0 Å². The van der Waals surface area contributed by atoms with Crippen LogP contribution in [-0.2, 0) is 0 Å². The zero-order valence-corrected chi connectivity index (χ0v) is 13.0. The van der Waals surface area contributed by atoms with E-state index in [0.29, 0.717) is 6.04 Å². The zero-order chi connectivity index (χ0) is 13.5. The van der Waals surface area contributed by atoms with Gasteiger partial charge in [0.25, 0.3) is 0 Å². The second-order valence-electron chi connectivity index (χ2n) is 6.65. The van der Waals surface area contributed by atoms with Crippen molar-refractivity contribution in [1.82, 2.24) is 15.1 Å². The average molecular weight is 267 g/mol. The zero-order valence-electron chi connectivity index (χ0n) is 13.0. The second kappa shape index (κ2) is 8.23. The maximum atomic E-state index is 3.63. The van der Waals surface area contributed by atoms with Crippen molar-refractivity contribution in [2.45, 2.75) is 64.5 Å². The van der Waals surface area contributed by atoms with Crippen molar-refractivity contribution in [2.24, 2.45) is 0 Å². The quantitative estimate of drug-likeness (QED) is 0.797. The fraction of sp³-hybridized carbons (Fsp3) is 1.00. The summed E-state index contributed by atoms with van der Waals surface area (Å²) in [5.41, 5.74) is 0. The Morgan fingerprint density at radius 1 is 0.947 bits per heavy atom. The first-order valence-electron chi connectivity index (χ1n) is 8.45. The number of nitrogens with zero attached hydrogens (tertiary/aromatic N) is 2. The molecule has 0 aromatic rings. The van der Waals surface area contributed by atoms with E-state index in [-0.39, 0.29) is 0 Å². The van der Waals surface area contributed by atoms with Crippen LogP contribution >= 0.6 is 0 Å². The Balaban J connectivity index is 1.71. The fourth-order valence-corrected chi connectivity index (χ4v) is 3.41. The van der Waals surface area contributed by atoms with Crippen molar-refractivity contribution in [3.63, 3.8) is 0 Å². The Labute approximate surface area is 119 Å². The highest BCUT2D eigenvalue weighted by molar-refractivity contribution is 4.80. The molecule has 2 rings (SSSR count). The Bertz CT molecular complexity index is 236. The van der Waals surface area contributed by atoms with E-state index in [1.807, 2.05) is 0 Å². The molecule has 0 saturated carbocycles. The molecule has 2 saturated heterocycles. The molecule has 1 N–H and O–H groups in total. The highest BCUT2D eigenvalue weighted by Gasteiger charge is 2.22. The summed E-state index contributed by atoms with van der Waals surface area (Å²) in [6, 6.07) is 1.40. The van der Waals surface area contributed by atoms with Crippen LogP contribution in [0.25, 0.3) is 0 Å². The van der Waals surface area contributed by atoms with Crippen molar-refractivity contribution in [3.8, 4) is 0 Å². The summed E-state index contributed by atoms with van der Waals surface area (Å²) in [6.45, 7) is 12.2. The van der Waals surface area contributed by atoms with E-state index in [1.54, 1.807) is 0 Å². The van der Waals surface area contributed by atoms with E-state index in [2.05, 4.69) is 29.0 Å². The van der Waals surface area contributed by atoms with Gasteiger partial charge in [-0.1, -0.05) is 26.7 Å². The maximum absolute atomic E-state index is 3.63. The van der Waals surface area contributed by atoms with E-state index in [1.165, 1.54) is 77.8 Å². The van der Waals surface area contributed by atoms with Crippen LogP contribution in [0, 0.1) is 0 Å². The highest BCUT2D eigenvalue weighted by atomic mass is 15.2. The summed E-state index contributed by atoms with van der Waals surface area (Å²) in [4.78, 5) is 5.42. The molecular formula is C16H33N3. The van der Waals surface area contributed by atoms with Gasteiger partial charge in [-0.05, 0) is 45.3 Å². The van der Waals surface area contributed by atoms with Crippen LogP contribution < -0.4 is 5.32 Å². The smallest absolute Gasteiger partial charge is 0.0221 e. The molecule has 2 fully saturated rings. The summed E-state index contributed by atoms with van der Waals surface area (Å²) in [6.07, 6.45) is 8.49. The number of rotatable bonds is 6. The summed E-state index contributed by atoms with van der Waals surface area (Å²) in [5, 5.41) is 3.63. The molecule has 2 aliphatic heterocycles. The van der Waals surface area contributed by atoms with Crippen molar-refractivity contribution < 1.29 is 0 Å². The van der Waals surface area contributed by atoms with Crippen LogP contribution in [0.2, 0.25) is 0 Å². The molecule has 1 unspecified atom stereocenters. The lowest BCUT2D eigenvalue weighted by atomic mass is 10.0. The first-order chi connectivity index (χ1) is 9.25. The standard InChI is InChI=1S/C16H33N3/c1-15(2)17-14-16-8-4-7-11-19(16)13-12-18-9-5-3-6-10-18/h15-17H,3-14H2,1-2H3. The van der Waals surface area contributed by atoms with Crippen LogP contribution in [0.1, 0.15) is 52.4 Å². The predicted octanol–water partition coefficient (Wildman–Crippen LogP) is 2.32. The van der Waals surface area contributed by atoms with Gasteiger partial charge in [0, 0.05) is 31.7 Å². The minimum atomic E-state index is 0.617. The number of hydrogen-bond donors (Lipinski definition) is 1. The molecule has 1 atom stereocenters. The van der Waals surface area contributed by atoms with Crippen LogP contribution in [0.5, 0.6) is 0 Å². The third kappa shape index (κ3) is 5.41. The minimum Gasteiger partial charge on any atom is -0.313 e. The van der Waals surface area contributed by atoms with Gasteiger partial charge in [0.2, 0.25) is 0 Å². The molecule has 0 aliphatic carbocycles. The third-order valence-corrected chi connectivity index (χ3v) is 4.66. The first kappa shape index (κ1) is 15.3. The molecular weight excluding hydrogens is 234 g/mol. The van der Waals surface area contributed by atoms with E-state index < -0.39 is 0 Å². The predicted molar refractivity (Wildman–Crippen MR) is 82.6 cm³/mol. The largest absolute Gasteiger partial charge is 0.313 e. The number of likely N-dealkylation sites (tertiary alicyclic amines) is 2. The van der Waals surface area contributed by atoms with Gasteiger partial charge in [-0.3, -0.25) is 4.90 Å². The Hall–Kier alpha value is -0.120. The third-order valence-electron chi connectivity index (χ3n) is 4.66. The van der Waals surface area contributed by atoms with Crippen LogP contribution in [-0.4, -0.2) is 61.2 Å². The van der Waals surface area contributed by atoms with Crippen LogP contribution in [0.3, 0.4) is 0 Å². The molecule has 0 amide bonds. The normalized spacial score (nSPS) is 27.0. The molecule has 112 valence electrons. The lowest BCUT2D eigenvalue weighted by molar-refractivity contribution is 0.116. The molecule has 0 aromatic carbocycles. The van der Waals surface area contributed by atoms with Gasteiger partial charge in [0.1, 0.15) is 0 Å². The van der Waals surface area contributed by atoms with Crippen LogP contribution in [0.4, 0.5) is 0 Å². The van der Waals surface area contributed by atoms with Gasteiger partial charge in [-0.15, -0.1) is 0 Å². The van der Waals surface area contributed by atoms with Crippen molar-refractivity contribution >= 4 is 0 Å². The first-order valence-corrected chi connectivity index (χ1v) is 8.45. The highest BCUT2D eigenvalue weighted by Crippen LogP contribution is 2.17. The molecule has 19 heavy (non-hydrogen) atoms. The van der Waals surface area contributed by atoms with Gasteiger partial charge in [0.05, 0.1) is 0 Å². The van der Waals surface area contributed by atoms with E-state index in [4.69, 9.17) is 0 Å². The van der Waals surface area contributed by atoms with Gasteiger partial charge < -0.3 is 10.2 Å². The Kier molecular flexibility index (Phi) is 6.62. The van der Waals surface area contributed by atoms with Gasteiger partial charge in [-0.25, -0.2) is 0 Å². The fourth-order valence-electron chi connectivity index (χ4n) is 3.41. The molecule has 2 aliphatic rings. The molecule has 0 radical (unpaired) electrons. The lowest BCUT2D eigenvalue weighted by Crippen LogP contribution is -2.49. The number of hydrogen-bond acceptors (Lipinski definition) is 3. The van der Waals surface area contributed by atoms with Gasteiger partial charge >= 0.3 is 0 Å². The second-order valence-corrected chi connectivity index (χ2v) is 6.65. The molecule has 3 nitrogen and oxygen atoms in total. The molecule has 0 spiro atoms. The van der Waals surface area contributed by atoms with Crippen molar-refractivity contribution in [1.29, 1.82) is 0 Å². The summed E-state index contributed by atoms with van der Waals surface area (Å²) >= 11 is 0. The summed E-state index contributed by atoms with van der Waals surface area (Å²) in [7, 11) is 0. The summed E-state index contributed by atoms with van der Waals surface area (Å²) in [5.74, 6) is 0. The molecule has 2 heterocycles. The monoisotopic (exact) mass is 267 g/mol. The topological polar surface area (TPSA) is 18.5 Å². The van der Waals surface area contributed by atoms with Gasteiger partial charge in [0.15, 0.2) is 0 Å². The molecule has 3 heteroatoms. The van der Waals surface area contributed by atoms with Gasteiger partial charge in [-0.2, -0.15) is 0 Å². The Morgan fingerprint density at radius 2 is 1.68 bits per heavy atom. The minimum absolute atomic E-state index is 0.617. The number of piperidine rings is 2. The summed E-state index contributed by atoms with van der Waals surface area (Å²) < 4.78 is 0. The van der Waals surface area contributed by atoms with E-state index in [9.17, 15) is 0 Å². The average Bonchev–Trinajstić information content (AvgIpc) is 2.45. The van der Waals surface area contributed by atoms with E-state index in [0.717, 1.165) is 6.04 Å². The lowest BCUT2D eigenvalue weighted by Gasteiger charge is -2.38.